The number of alkyl carbamates (subject to hydrolysis) is 1. The monoisotopic (exact) mass is 363 g/mol. The minimum Gasteiger partial charge on any atom is -0.548 e. The van der Waals surface area contributed by atoms with Crippen molar-refractivity contribution in [3.63, 3.8) is 0 Å². The van der Waals surface area contributed by atoms with Crippen molar-refractivity contribution in [2.24, 2.45) is 11.8 Å². The van der Waals surface area contributed by atoms with E-state index in [0.29, 0.717) is 0 Å². The number of carboxylic acids is 1. The number of amides is 2. The molecule has 2 atom stereocenters. The number of ether oxygens (including phenoxy) is 1. The summed E-state index contributed by atoms with van der Waals surface area (Å²) in [6.07, 6.45) is -0.492. The Morgan fingerprint density at radius 1 is 1.04 bits per heavy atom. The smallest absolute Gasteiger partial charge is 0.408 e. The van der Waals surface area contributed by atoms with Crippen molar-refractivity contribution in [3.05, 3.63) is 35.9 Å². The van der Waals surface area contributed by atoms with Crippen molar-refractivity contribution in [2.75, 3.05) is 0 Å². The van der Waals surface area contributed by atoms with Gasteiger partial charge in [0.1, 0.15) is 12.6 Å². The van der Waals surface area contributed by atoms with E-state index in [-0.39, 0.29) is 24.9 Å². The molecule has 0 bridgehead atoms. The van der Waals surface area contributed by atoms with Crippen LogP contribution in [-0.4, -0.2) is 30.1 Å². The Morgan fingerprint density at radius 3 is 2.15 bits per heavy atom. The molecule has 0 heterocycles. The third kappa shape index (κ3) is 7.55. The summed E-state index contributed by atoms with van der Waals surface area (Å²) in [6, 6.07) is 7.13. The molecule has 0 aliphatic rings. The fourth-order valence-electron chi connectivity index (χ4n) is 2.37. The maximum Gasteiger partial charge on any atom is 0.408 e. The van der Waals surface area contributed by atoms with Crippen LogP contribution in [0.15, 0.2) is 30.3 Å². The summed E-state index contributed by atoms with van der Waals surface area (Å²) in [5.74, 6) is -2.10. The number of carbonyl (C=O) groups is 3. The molecule has 1 rings (SSSR count). The van der Waals surface area contributed by atoms with Gasteiger partial charge in [-0.1, -0.05) is 58.0 Å². The lowest BCUT2D eigenvalue weighted by Gasteiger charge is -2.26. The zero-order chi connectivity index (χ0) is 19.7. The van der Waals surface area contributed by atoms with Crippen LogP contribution in [-0.2, 0) is 20.9 Å². The first kappa shape index (κ1) is 21.5. The molecule has 0 aromatic heterocycles. The van der Waals surface area contributed by atoms with Gasteiger partial charge in [-0.15, -0.1) is 0 Å². The molecule has 7 nitrogen and oxygen atoms in total. The van der Waals surface area contributed by atoms with Gasteiger partial charge in [-0.05, 0) is 23.8 Å². The van der Waals surface area contributed by atoms with Crippen molar-refractivity contribution in [1.82, 2.24) is 10.6 Å². The second-order valence-corrected chi connectivity index (χ2v) is 6.94. The average molecular weight is 363 g/mol. The molecule has 0 unspecified atom stereocenters. The quantitative estimate of drug-likeness (QED) is 0.686. The van der Waals surface area contributed by atoms with E-state index in [1.165, 1.54) is 0 Å². The summed E-state index contributed by atoms with van der Waals surface area (Å²) in [4.78, 5) is 35.6. The van der Waals surface area contributed by atoms with E-state index in [9.17, 15) is 19.5 Å². The summed E-state index contributed by atoms with van der Waals surface area (Å²) < 4.78 is 5.12. The minimum atomic E-state index is -1.35. The minimum absolute atomic E-state index is 0.0690. The first-order valence-electron chi connectivity index (χ1n) is 8.69. The molecule has 7 heteroatoms. The highest BCUT2D eigenvalue weighted by Crippen LogP contribution is 2.08. The molecule has 26 heavy (non-hydrogen) atoms. The van der Waals surface area contributed by atoms with E-state index in [0.717, 1.165) is 5.56 Å². The number of benzene rings is 1. The molecule has 0 fully saturated rings. The van der Waals surface area contributed by atoms with Crippen LogP contribution in [0.1, 0.15) is 39.7 Å². The first-order chi connectivity index (χ1) is 12.2. The highest BCUT2D eigenvalue weighted by molar-refractivity contribution is 5.89. The SMILES string of the molecule is CC(C)C[C@@H](NC(=O)[C@H](NC(=O)OCc1ccccc1)C(C)C)C(=O)[O-]. The summed E-state index contributed by atoms with van der Waals surface area (Å²) in [5.41, 5.74) is 0.821. The Labute approximate surface area is 154 Å². The fraction of sp³-hybridized carbons (Fsp3) is 0.526. The standard InChI is InChI=1S/C19H28N2O5/c1-12(2)10-15(18(23)24)20-17(22)16(13(3)4)21-19(25)26-11-14-8-6-5-7-9-14/h5-9,12-13,15-16H,10-11H2,1-4H3,(H,20,22)(H,21,25)(H,23,24)/p-1/t15-,16-/m1/s1. The molecule has 0 aliphatic carbocycles. The van der Waals surface area contributed by atoms with E-state index < -0.39 is 30.1 Å². The molecule has 144 valence electrons. The van der Waals surface area contributed by atoms with Gasteiger partial charge in [0.05, 0.1) is 12.0 Å². The van der Waals surface area contributed by atoms with Gasteiger partial charge in [-0.3, -0.25) is 4.79 Å². The van der Waals surface area contributed by atoms with Crippen molar-refractivity contribution < 1.29 is 24.2 Å². The molecule has 1 aromatic rings. The summed E-state index contributed by atoms with van der Waals surface area (Å²) >= 11 is 0. The summed E-state index contributed by atoms with van der Waals surface area (Å²) in [6.45, 7) is 7.27. The van der Waals surface area contributed by atoms with E-state index in [1.54, 1.807) is 13.8 Å². The third-order valence-electron chi connectivity index (χ3n) is 3.74. The third-order valence-corrected chi connectivity index (χ3v) is 3.74. The molecule has 0 spiro atoms. The molecule has 1 aromatic carbocycles. The highest BCUT2D eigenvalue weighted by atomic mass is 16.5. The van der Waals surface area contributed by atoms with Crippen LogP contribution in [0.5, 0.6) is 0 Å². The Balaban J connectivity index is 2.64. The Morgan fingerprint density at radius 2 is 1.65 bits per heavy atom. The van der Waals surface area contributed by atoms with Gasteiger partial charge in [-0.2, -0.15) is 0 Å². The largest absolute Gasteiger partial charge is 0.548 e. The van der Waals surface area contributed by atoms with Crippen LogP contribution < -0.4 is 15.7 Å². The van der Waals surface area contributed by atoms with Crippen LogP contribution in [0.25, 0.3) is 0 Å². The Hall–Kier alpha value is -2.57. The summed E-state index contributed by atoms with van der Waals surface area (Å²) in [5, 5.41) is 16.1. The summed E-state index contributed by atoms with van der Waals surface area (Å²) in [7, 11) is 0. The number of hydrogen-bond acceptors (Lipinski definition) is 5. The van der Waals surface area contributed by atoms with Gasteiger partial charge >= 0.3 is 6.09 Å². The van der Waals surface area contributed by atoms with Crippen LogP contribution in [0, 0.1) is 11.8 Å². The number of carboxylic acid groups (broad SMARTS) is 1. The Bertz CT molecular complexity index is 601. The van der Waals surface area contributed by atoms with Gasteiger partial charge in [0.2, 0.25) is 5.91 Å². The van der Waals surface area contributed by atoms with Crippen molar-refractivity contribution in [1.29, 1.82) is 0 Å². The molecule has 0 aliphatic heterocycles. The van der Waals surface area contributed by atoms with Crippen molar-refractivity contribution in [2.45, 2.75) is 52.8 Å². The molecule has 2 N–H and O–H groups in total. The molecule has 0 saturated heterocycles. The van der Waals surface area contributed by atoms with Gasteiger partial charge in [0, 0.05) is 0 Å². The molecule has 0 radical (unpaired) electrons. The predicted molar refractivity (Wildman–Crippen MR) is 94.8 cm³/mol. The molecule has 2 amide bonds. The second-order valence-electron chi connectivity index (χ2n) is 6.94. The zero-order valence-electron chi connectivity index (χ0n) is 15.7. The lowest BCUT2D eigenvalue weighted by Crippen LogP contribution is -2.56. The lowest BCUT2D eigenvalue weighted by atomic mass is 10.0. The topological polar surface area (TPSA) is 108 Å². The van der Waals surface area contributed by atoms with Crippen molar-refractivity contribution >= 4 is 18.0 Å². The number of nitrogens with one attached hydrogen (secondary N) is 2. The highest BCUT2D eigenvalue weighted by Gasteiger charge is 2.27. The average Bonchev–Trinajstić information content (AvgIpc) is 2.57. The predicted octanol–water partition coefficient (Wildman–Crippen LogP) is 1.22. The van der Waals surface area contributed by atoms with Crippen LogP contribution in [0.2, 0.25) is 0 Å². The zero-order valence-corrected chi connectivity index (χ0v) is 15.7. The Kier molecular flexibility index (Phi) is 8.61. The second kappa shape index (κ2) is 10.4. The fourth-order valence-corrected chi connectivity index (χ4v) is 2.37. The maximum absolute atomic E-state index is 12.4. The van der Waals surface area contributed by atoms with E-state index >= 15 is 0 Å². The van der Waals surface area contributed by atoms with Crippen LogP contribution >= 0.6 is 0 Å². The maximum atomic E-state index is 12.4. The van der Waals surface area contributed by atoms with E-state index in [2.05, 4.69) is 10.6 Å². The number of aliphatic carboxylic acids is 1. The van der Waals surface area contributed by atoms with Crippen LogP contribution in [0.3, 0.4) is 0 Å². The number of hydrogen-bond donors (Lipinski definition) is 2. The van der Waals surface area contributed by atoms with Gasteiger partial charge < -0.3 is 25.3 Å². The number of rotatable bonds is 9. The number of carbonyl (C=O) groups excluding carboxylic acids is 3. The van der Waals surface area contributed by atoms with Crippen LogP contribution in [0.4, 0.5) is 4.79 Å². The normalized spacial score (nSPS) is 13.2. The molecular formula is C19H27N2O5-. The van der Waals surface area contributed by atoms with E-state index in [1.807, 2.05) is 44.2 Å². The first-order valence-corrected chi connectivity index (χ1v) is 8.69. The van der Waals surface area contributed by atoms with Gasteiger partial charge in [0.15, 0.2) is 0 Å². The van der Waals surface area contributed by atoms with Gasteiger partial charge in [0.25, 0.3) is 0 Å². The lowest BCUT2D eigenvalue weighted by molar-refractivity contribution is -0.308. The van der Waals surface area contributed by atoms with E-state index in [4.69, 9.17) is 4.74 Å². The van der Waals surface area contributed by atoms with Gasteiger partial charge in [-0.25, -0.2) is 4.79 Å². The molecular weight excluding hydrogens is 336 g/mol. The molecule has 0 saturated carbocycles. The van der Waals surface area contributed by atoms with Crippen molar-refractivity contribution in [3.8, 4) is 0 Å².